The van der Waals surface area contributed by atoms with Crippen LogP contribution in [-0.4, -0.2) is 17.4 Å². The number of hydrogen-bond donors (Lipinski definition) is 3. The van der Waals surface area contributed by atoms with Crippen LogP contribution in [0.25, 0.3) is 0 Å². The SMILES string of the molecule is CCNC(=O)c1cc(Cl)c(NN)c([N+](=O)[O-])c1. The molecule has 4 N–H and O–H groups in total. The number of nitrogens with two attached hydrogens (primary N) is 1. The Kier molecular flexibility index (Phi) is 4.24. The summed E-state index contributed by atoms with van der Waals surface area (Å²) in [5, 5.41) is 13.3. The van der Waals surface area contributed by atoms with Crippen LogP contribution in [0.2, 0.25) is 5.02 Å². The van der Waals surface area contributed by atoms with Gasteiger partial charge in [-0.15, -0.1) is 0 Å². The third-order valence-electron chi connectivity index (χ3n) is 2.01. The molecule has 0 aromatic heterocycles. The Balaban J connectivity index is 3.29. The molecule has 0 saturated heterocycles. The van der Waals surface area contributed by atoms with Crippen molar-refractivity contribution in [3.8, 4) is 0 Å². The minimum absolute atomic E-state index is 0.0166. The molecule has 0 saturated carbocycles. The molecule has 17 heavy (non-hydrogen) atoms. The molecule has 0 unspecified atom stereocenters. The fourth-order valence-corrected chi connectivity index (χ4v) is 1.54. The number of anilines is 1. The van der Waals surface area contributed by atoms with Crippen LogP contribution in [0.4, 0.5) is 11.4 Å². The molecule has 0 spiro atoms. The second-order valence-corrected chi connectivity index (χ2v) is 3.52. The van der Waals surface area contributed by atoms with E-state index in [0.717, 1.165) is 6.07 Å². The molecule has 0 aliphatic carbocycles. The van der Waals surface area contributed by atoms with Gasteiger partial charge in [-0.2, -0.15) is 0 Å². The summed E-state index contributed by atoms with van der Waals surface area (Å²) in [5.74, 6) is 4.71. The monoisotopic (exact) mass is 258 g/mol. The van der Waals surface area contributed by atoms with Gasteiger partial charge in [-0.1, -0.05) is 11.6 Å². The number of nitrogens with one attached hydrogen (secondary N) is 2. The van der Waals surface area contributed by atoms with Crippen molar-refractivity contribution in [3.63, 3.8) is 0 Å². The van der Waals surface area contributed by atoms with Gasteiger partial charge >= 0.3 is 0 Å². The minimum atomic E-state index is -0.663. The lowest BCUT2D eigenvalue weighted by Crippen LogP contribution is -2.23. The topological polar surface area (TPSA) is 110 Å². The number of benzene rings is 1. The standard InChI is InChI=1S/C9H11ClN4O3/c1-2-12-9(15)5-3-6(10)8(13-11)7(4-5)14(16)17/h3-4,13H,2,11H2,1H3,(H,12,15). The summed E-state index contributed by atoms with van der Waals surface area (Å²) < 4.78 is 0. The van der Waals surface area contributed by atoms with Crippen molar-refractivity contribution in [1.29, 1.82) is 0 Å². The van der Waals surface area contributed by atoms with Crippen molar-refractivity contribution in [2.24, 2.45) is 5.84 Å². The molecule has 1 aromatic rings. The van der Waals surface area contributed by atoms with Crippen molar-refractivity contribution in [2.75, 3.05) is 12.0 Å². The van der Waals surface area contributed by atoms with E-state index in [1.807, 2.05) is 0 Å². The van der Waals surface area contributed by atoms with Crippen LogP contribution < -0.4 is 16.6 Å². The molecule has 92 valence electrons. The Morgan fingerprint density at radius 2 is 2.24 bits per heavy atom. The van der Waals surface area contributed by atoms with Gasteiger partial charge in [-0.3, -0.25) is 20.8 Å². The highest BCUT2D eigenvalue weighted by Gasteiger charge is 2.20. The largest absolute Gasteiger partial charge is 0.352 e. The van der Waals surface area contributed by atoms with Gasteiger partial charge in [-0.05, 0) is 13.0 Å². The van der Waals surface area contributed by atoms with Gasteiger partial charge in [0, 0.05) is 18.2 Å². The average molecular weight is 259 g/mol. The second-order valence-electron chi connectivity index (χ2n) is 3.11. The summed E-state index contributed by atoms with van der Waals surface area (Å²) in [6.45, 7) is 2.16. The fourth-order valence-electron chi connectivity index (χ4n) is 1.27. The van der Waals surface area contributed by atoms with E-state index in [2.05, 4.69) is 10.7 Å². The van der Waals surface area contributed by atoms with Gasteiger partial charge in [0.2, 0.25) is 0 Å². The molecule has 8 heteroatoms. The van der Waals surface area contributed by atoms with Gasteiger partial charge in [-0.25, -0.2) is 0 Å². The molecular formula is C9H11ClN4O3. The van der Waals surface area contributed by atoms with Gasteiger partial charge in [0.15, 0.2) is 0 Å². The number of carbonyl (C=O) groups excluding carboxylic acids is 1. The first-order valence-corrected chi connectivity index (χ1v) is 5.11. The molecular weight excluding hydrogens is 248 g/mol. The predicted octanol–water partition coefficient (Wildman–Crippen LogP) is 1.28. The van der Waals surface area contributed by atoms with E-state index in [9.17, 15) is 14.9 Å². The van der Waals surface area contributed by atoms with Crippen LogP contribution in [0.1, 0.15) is 17.3 Å². The van der Waals surface area contributed by atoms with E-state index in [4.69, 9.17) is 17.4 Å². The van der Waals surface area contributed by atoms with Gasteiger partial charge in [0.05, 0.1) is 9.95 Å². The van der Waals surface area contributed by atoms with Crippen LogP contribution >= 0.6 is 11.6 Å². The quantitative estimate of drug-likeness (QED) is 0.428. The minimum Gasteiger partial charge on any atom is -0.352 e. The third kappa shape index (κ3) is 2.83. The molecule has 0 bridgehead atoms. The van der Waals surface area contributed by atoms with Crippen LogP contribution in [-0.2, 0) is 0 Å². The smallest absolute Gasteiger partial charge is 0.295 e. The summed E-state index contributed by atoms with van der Waals surface area (Å²) in [5.41, 5.74) is 1.88. The number of carbonyl (C=O) groups is 1. The number of rotatable bonds is 4. The van der Waals surface area contributed by atoms with E-state index >= 15 is 0 Å². The van der Waals surface area contributed by atoms with Crippen LogP contribution in [0.5, 0.6) is 0 Å². The number of hydrazine groups is 1. The van der Waals surface area contributed by atoms with E-state index in [1.54, 1.807) is 6.92 Å². The molecule has 0 heterocycles. The highest BCUT2D eigenvalue weighted by molar-refractivity contribution is 6.34. The lowest BCUT2D eigenvalue weighted by atomic mass is 10.1. The Labute approximate surface area is 102 Å². The van der Waals surface area contributed by atoms with Crippen LogP contribution in [0, 0.1) is 10.1 Å². The summed E-state index contributed by atoms with van der Waals surface area (Å²) in [7, 11) is 0. The molecule has 0 atom stereocenters. The molecule has 1 amide bonds. The van der Waals surface area contributed by atoms with Gasteiger partial charge < -0.3 is 10.7 Å². The average Bonchev–Trinajstić information content (AvgIpc) is 2.28. The number of nitro groups is 1. The predicted molar refractivity (Wildman–Crippen MR) is 63.9 cm³/mol. The zero-order valence-corrected chi connectivity index (χ0v) is 9.75. The van der Waals surface area contributed by atoms with E-state index < -0.39 is 10.8 Å². The van der Waals surface area contributed by atoms with E-state index in [1.165, 1.54) is 6.07 Å². The summed E-state index contributed by atoms with van der Waals surface area (Å²) >= 11 is 5.80. The first-order chi connectivity index (χ1) is 8.01. The van der Waals surface area contributed by atoms with E-state index in [0.29, 0.717) is 6.54 Å². The first-order valence-electron chi connectivity index (χ1n) is 4.74. The van der Waals surface area contributed by atoms with E-state index in [-0.39, 0.29) is 22.0 Å². The first kappa shape index (κ1) is 13.2. The second kappa shape index (κ2) is 5.46. The lowest BCUT2D eigenvalue weighted by molar-refractivity contribution is -0.384. The maximum absolute atomic E-state index is 11.5. The Morgan fingerprint density at radius 1 is 1.59 bits per heavy atom. The lowest BCUT2D eigenvalue weighted by Gasteiger charge is -2.07. The highest BCUT2D eigenvalue weighted by atomic mass is 35.5. The molecule has 1 aromatic carbocycles. The van der Waals surface area contributed by atoms with Crippen LogP contribution in [0.15, 0.2) is 12.1 Å². The fraction of sp³-hybridized carbons (Fsp3) is 0.222. The van der Waals surface area contributed by atoms with Crippen molar-refractivity contribution >= 4 is 28.9 Å². The maximum atomic E-state index is 11.5. The third-order valence-corrected chi connectivity index (χ3v) is 2.31. The van der Waals surface area contributed by atoms with Crippen LogP contribution in [0.3, 0.4) is 0 Å². The summed E-state index contributed by atoms with van der Waals surface area (Å²) in [4.78, 5) is 21.6. The molecule has 0 radical (unpaired) electrons. The van der Waals surface area contributed by atoms with Gasteiger partial charge in [0.1, 0.15) is 5.69 Å². The molecule has 7 nitrogen and oxygen atoms in total. The van der Waals surface area contributed by atoms with Crippen molar-refractivity contribution in [1.82, 2.24) is 5.32 Å². The molecule has 0 aliphatic heterocycles. The number of nitrogens with zero attached hydrogens (tertiary/aromatic N) is 1. The number of hydrogen-bond acceptors (Lipinski definition) is 5. The number of amides is 1. The molecule has 0 fully saturated rings. The normalized spacial score (nSPS) is 9.82. The van der Waals surface area contributed by atoms with Crippen molar-refractivity contribution in [2.45, 2.75) is 6.92 Å². The van der Waals surface area contributed by atoms with Crippen molar-refractivity contribution in [3.05, 3.63) is 32.8 Å². The zero-order valence-electron chi connectivity index (χ0n) is 8.99. The maximum Gasteiger partial charge on any atom is 0.295 e. The Morgan fingerprint density at radius 3 is 2.71 bits per heavy atom. The zero-order chi connectivity index (χ0) is 13.0. The number of nitrogen functional groups attached to an aromatic ring is 1. The van der Waals surface area contributed by atoms with Gasteiger partial charge in [0.25, 0.3) is 11.6 Å². The number of nitro benzene ring substituents is 1. The Hall–Kier alpha value is -1.86. The molecule has 1 rings (SSSR count). The number of halogens is 1. The highest BCUT2D eigenvalue weighted by Crippen LogP contribution is 2.32. The Bertz CT molecular complexity index is 464. The summed E-state index contributed by atoms with van der Waals surface area (Å²) in [6.07, 6.45) is 0. The summed E-state index contributed by atoms with van der Waals surface area (Å²) in [6, 6.07) is 2.43. The molecule has 0 aliphatic rings. The van der Waals surface area contributed by atoms with Crippen molar-refractivity contribution < 1.29 is 9.72 Å².